The lowest BCUT2D eigenvalue weighted by Crippen LogP contribution is -2.73. The zero-order valence-corrected chi connectivity index (χ0v) is 16.5. The summed E-state index contributed by atoms with van der Waals surface area (Å²) in [5.41, 5.74) is -3.20. The Morgan fingerprint density at radius 1 is 1.07 bits per heavy atom. The minimum absolute atomic E-state index is 0.0546. The van der Waals surface area contributed by atoms with E-state index in [1.165, 1.54) is 38.1 Å². The van der Waals surface area contributed by atoms with E-state index in [1.54, 1.807) is 35.6 Å². The summed E-state index contributed by atoms with van der Waals surface area (Å²) in [5.74, 6) is -2.84. The van der Waals surface area contributed by atoms with Crippen LogP contribution >= 0.6 is 11.6 Å². The van der Waals surface area contributed by atoms with Gasteiger partial charge in [0.25, 0.3) is 11.6 Å². The molecule has 0 aromatic heterocycles. The van der Waals surface area contributed by atoms with Gasteiger partial charge in [-0.05, 0) is 31.5 Å². The highest BCUT2D eigenvalue weighted by Gasteiger charge is 2.63. The molecule has 9 heteroatoms. The standard InChI is InChI=1S/C20H20ClF3N2O3/c1-3-29-18(28)19(20(22,23)24,25-13(2)14-9-5-4-6-10-14)26-17(27)15-11-7-8-12-16(15)21/h4-13,25H,3H2,1-2H3,(H,26,27)/t13-,19+/m0/s1. The lowest BCUT2D eigenvalue weighted by Gasteiger charge is -2.37. The number of amides is 1. The number of hydrogen-bond acceptors (Lipinski definition) is 4. The SMILES string of the molecule is CCOC(=O)[C@](NC(=O)c1ccccc1Cl)(N[C@@H](C)c1ccccc1)C(F)(F)F. The van der Waals surface area contributed by atoms with Gasteiger partial charge >= 0.3 is 12.1 Å². The Labute approximate surface area is 171 Å². The molecule has 0 heterocycles. The predicted molar refractivity (Wildman–Crippen MR) is 102 cm³/mol. The largest absolute Gasteiger partial charge is 0.463 e. The highest BCUT2D eigenvalue weighted by atomic mass is 35.5. The number of nitrogens with one attached hydrogen (secondary N) is 2. The van der Waals surface area contributed by atoms with Crippen molar-refractivity contribution in [1.82, 2.24) is 10.6 Å². The summed E-state index contributed by atoms with van der Waals surface area (Å²) in [4.78, 5) is 25.1. The van der Waals surface area contributed by atoms with Crippen LogP contribution in [0.5, 0.6) is 0 Å². The van der Waals surface area contributed by atoms with Crippen molar-refractivity contribution in [3.8, 4) is 0 Å². The van der Waals surface area contributed by atoms with Gasteiger partial charge < -0.3 is 10.1 Å². The predicted octanol–water partition coefficient (Wildman–Crippen LogP) is 4.24. The molecule has 2 N–H and O–H groups in total. The van der Waals surface area contributed by atoms with Gasteiger partial charge in [-0.15, -0.1) is 0 Å². The van der Waals surface area contributed by atoms with Crippen molar-refractivity contribution in [3.63, 3.8) is 0 Å². The normalized spacial score (nSPS) is 14.6. The molecule has 2 aromatic rings. The minimum atomic E-state index is -5.21. The molecule has 2 rings (SSSR count). The van der Waals surface area contributed by atoms with Crippen LogP contribution in [0.3, 0.4) is 0 Å². The number of carbonyl (C=O) groups is 2. The summed E-state index contributed by atoms with van der Waals surface area (Å²) < 4.78 is 47.2. The Morgan fingerprint density at radius 2 is 1.66 bits per heavy atom. The first kappa shape index (κ1) is 22.7. The number of rotatable bonds is 7. The zero-order chi connectivity index (χ0) is 21.7. The van der Waals surface area contributed by atoms with Gasteiger partial charge in [0.05, 0.1) is 17.2 Å². The molecule has 0 aliphatic heterocycles. The first-order chi connectivity index (χ1) is 13.6. The second-order valence-corrected chi connectivity index (χ2v) is 6.59. The molecule has 156 valence electrons. The van der Waals surface area contributed by atoms with Crippen molar-refractivity contribution in [3.05, 3.63) is 70.7 Å². The van der Waals surface area contributed by atoms with Gasteiger partial charge in [0, 0.05) is 6.04 Å². The fraction of sp³-hybridized carbons (Fsp3) is 0.300. The van der Waals surface area contributed by atoms with Crippen LogP contribution in [-0.2, 0) is 9.53 Å². The van der Waals surface area contributed by atoms with Crippen LogP contribution < -0.4 is 10.6 Å². The molecular weight excluding hydrogens is 409 g/mol. The molecule has 0 saturated heterocycles. The van der Waals surface area contributed by atoms with Gasteiger partial charge in [0.2, 0.25) is 0 Å². The highest BCUT2D eigenvalue weighted by Crippen LogP contribution is 2.33. The van der Waals surface area contributed by atoms with Crippen LogP contribution in [0, 0.1) is 0 Å². The molecule has 2 aromatic carbocycles. The van der Waals surface area contributed by atoms with Crippen LogP contribution in [-0.4, -0.2) is 30.3 Å². The van der Waals surface area contributed by atoms with E-state index < -0.39 is 29.8 Å². The number of halogens is 4. The number of carbonyl (C=O) groups excluding carboxylic acids is 2. The van der Waals surface area contributed by atoms with Gasteiger partial charge in [0.1, 0.15) is 0 Å². The summed E-state index contributed by atoms with van der Waals surface area (Å²) >= 11 is 5.93. The second-order valence-electron chi connectivity index (χ2n) is 6.18. The Balaban J connectivity index is 2.49. The second kappa shape index (κ2) is 9.28. The van der Waals surface area contributed by atoms with E-state index in [-0.39, 0.29) is 17.2 Å². The molecule has 0 bridgehead atoms. The van der Waals surface area contributed by atoms with E-state index in [0.717, 1.165) is 0 Å². The molecule has 1 amide bonds. The Hall–Kier alpha value is -2.58. The summed E-state index contributed by atoms with van der Waals surface area (Å²) in [6.45, 7) is 2.51. The molecule has 2 atom stereocenters. The van der Waals surface area contributed by atoms with E-state index in [4.69, 9.17) is 11.6 Å². The van der Waals surface area contributed by atoms with Crippen LogP contribution in [0.25, 0.3) is 0 Å². The van der Waals surface area contributed by atoms with Gasteiger partial charge in [-0.3, -0.25) is 10.1 Å². The van der Waals surface area contributed by atoms with Crippen LogP contribution in [0.4, 0.5) is 13.2 Å². The minimum Gasteiger partial charge on any atom is -0.463 e. The summed E-state index contributed by atoms with van der Waals surface area (Å²) in [5, 5.41) is 3.94. The Morgan fingerprint density at radius 3 is 2.21 bits per heavy atom. The molecule has 0 fully saturated rings. The lowest BCUT2D eigenvalue weighted by atomic mass is 10.0. The third-order valence-corrected chi connectivity index (χ3v) is 4.49. The summed E-state index contributed by atoms with van der Waals surface area (Å²) in [6.07, 6.45) is -5.21. The third-order valence-electron chi connectivity index (χ3n) is 4.16. The van der Waals surface area contributed by atoms with Crippen molar-refractivity contribution in [2.24, 2.45) is 0 Å². The molecule has 0 saturated carbocycles. The van der Waals surface area contributed by atoms with E-state index in [1.807, 2.05) is 0 Å². The smallest absolute Gasteiger partial charge is 0.436 e. The molecule has 0 aliphatic carbocycles. The lowest BCUT2D eigenvalue weighted by molar-refractivity contribution is -0.220. The highest BCUT2D eigenvalue weighted by molar-refractivity contribution is 6.33. The van der Waals surface area contributed by atoms with E-state index >= 15 is 0 Å². The van der Waals surface area contributed by atoms with Gasteiger partial charge in [0.15, 0.2) is 0 Å². The molecule has 29 heavy (non-hydrogen) atoms. The monoisotopic (exact) mass is 428 g/mol. The summed E-state index contributed by atoms with van der Waals surface area (Å²) in [7, 11) is 0. The van der Waals surface area contributed by atoms with Crippen LogP contribution in [0.2, 0.25) is 5.02 Å². The molecule has 0 aliphatic rings. The first-order valence-electron chi connectivity index (χ1n) is 8.76. The first-order valence-corrected chi connectivity index (χ1v) is 9.13. The van der Waals surface area contributed by atoms with Crippen molar-refractivity contribution in [2.75, 3.05) is 6.61 Å². The maximum Gasteiger partial charge on any atom is 0.436 e. The van der Waals surface area contributed by atoms with Crippen molar-refractivity contribution in [1.29, 1.82) is 0 Å². The number of hydrogen-bond donors (Lipinski definition) is 2. The molecule has 0 radical (unpaired) electrons. The Bertz CT molecular complexity index is 862. The van der Waals surface area contributed by atoms with Crippen LogP contribution in [0.1, 0.15) is 35.8 Å². The summed E-state index contributed by atoms with van der Waals surface area (Å²) in [6, 6.07) is 12.8. The van der Waals surface area contributed by atoms with Crippen molar-refractivity contribution >= 4 is 23.5 Å². The van der Waals surface area contributed by atoms with Crippen molar-refractivity contribution < 1.29 is 27.5 Å². The molecule has 5 nitrogen and oxygen atoms in total. The number of ether oxygens (including phenoxy) is 1. The van der Waals surface area contributed by atoms with E-state index in [9.17, 15) is 22.8 Å². The number of esters is 1. The number of benzene rings is 2. The quantitative estimate of drug-likeness (QED) is 0.511. The Kier molecular flexibility index (Phi) is 7.26. The number of alkyl halides is 3. The van der Waals surface area contributed by atoms with Gasteiger partial charge in [-0.25, -0.2) is 4.79 Å². The average molecular weight is 429 g/mol. The van der Waals surface area contributed by atoms with E-state index in [2.05, 4.69) is 10.1 Å². The molecule has 0 unspecified atom stereocenters. The van der Waals surface area contributed by atoms with Crippen molar-refractivity contribution in [2.45, 2.75) is 31.7 Å². The fourth-order valence-corrected chi connectivity index (χ4v) is 2.91. The topological polar surface area (TPSA) is 67.4 Å². The van der Waals surface area contributed by atoms with Crippen LogP contribution in [0.15, 0.2) is 54.6 Å². The van der Waals surface area contributed by atoms with Gasteiger partial charge in [-0.2, -0.15) is 13.2 Å². The third kappa shape index (κ3) is 5.07. The maximum absolute atomic E-state index is 14.2. The maximum atomic E-state index is 14.2. The zero-order valence-electron chi connectivity index (χ0n) is 15.7. The van der Waals surface area contributed by atoms with Gasteiger partial charge in [-0.1, -0.05) is 54.1 Å². The molecular formula is C20H20ClF3N2O3. The average Bonchev–Trinajstić information content (AvgIpc) is 2.67. The molecule has 0 spiro atoms. The fourth-order valence-electron chi connectivity index (χ4n) is 2.69. The van der Waals surface area contributed by atoms with E-state index in [0.29, 0.717) is 5.56 Å².